The number of fused-ring (bicyclic) bond motifs is 1. The van der Waals surface area contributed by atoms with Gasteiger partial charge in [-0.15, -0.1) is 18.3 Å². The Balaban J connectivity index is 1.98. The molecule has 3 aromatic rings. The van der Waals surface area contributed by atoms with Gasteiger partial charge in [-0.2, -0.15) is 57.5 Å². The molecule has 292 valence electrons. The molecule has 10 nitrogen and oxygen atoms in total. The van der Waals surface area contributed by atoms with E-state index in [1.165, 1.54) is 0 Å². The third-order valence-corrected chi connectivity index (χ3v) is 7.86. The van der Waals surface area contributed by atoms with E-state index in [9.17, 15) is 66.7 Å². The van der Waals surface area contributed by atoms with E-state index >= 15 is 8.78 Å². The molecule has 0 radical (unpaired) electrons. The molecule has 2 atom stereocenters. The minimum Gasteiger partial charge on any atom is -0.477 e. The number of hydrogen-bond donors (Lipinski definition) is 1. The minimum atomic E-state index is -6.91. The molecule has 53 heavy (non-hydrogen) atoms. The highest BCUT2D eigenvalue weighted by Crippen LogP contribution is 2.51. The summed E-state index contributed by atoms with van der Waals surface area (Å²) in [5.41, 5.74) is -6.18. The first-order valence-electron chi connectivity index (χ1n) is 14.4. The molecular weight excluding hydrogens is 769 g/mol. The predicted molar refractivity (Wildman–Crippen MR) is 146 cm³/mol. The minimum absolute atomic E-state index is 0.205. The van der Waals surface area contributed by atoms with E-state index in [4.69, 9.17) is 5.11 Å². The average molecular weight is 790 g/mol. The molecule has 0 saturated carbocycles. The quantitative estimate of drug-likeness (QED) is 0.212. The molecule has 1 N–H and O–H groups in total. The summed E-state index contributed by atoms with van der Waals surface area (Å²) >= 11 is 0. The second kappa shape index (κ2) is 13.4. The molecule has 2 aromatic carbocycles. The number of anilines is 2. The molecule has 1 aromatic heterocycles. The van der Waals surface area contributed by atoms with Crippen molar-refractivity contribution < 1.29 is 85.3 Å². The van der Waals surface area contributed by atoms with E-state index in [2.05, 4.69) is 20.1 Å². The second-order valence-electron chi connectivity index (χ2n) is 11.4. The second-order valence-corrected chi connectivity index (χ2v) is 11.4. The highest BCUT2D eigenvalue weighted by molar-refractivity contribution is 6.01. The maximum absolute atomic E-state index is 15.1. The maximum Gasteiger partial charge on any atom is 0.573 e. The van der Waals surface area contributed by atoms with Gasteiger partial charge in [0.2, 0.25) is 0 Å². The van der Waals surface area contributed by atoms with Crippen molar-refractivity contribution in [1.29, 1.82) is 0 Å². The summed E-state index contributed by atoms with van der Waals surface area (Å²) in [4.78, 5) is 25.3. The lowest BCUT2D eigenvalue weighted by Gasteiger charge is -2.45. The van der Waals surface area contributed by atoms with Gasteiger partial charge >= 0.3 is 48.4 Å². The summed E-state index contributed by atoms with van der Waals surface area (Å²) in [5.74, 6) is -28.7. The summed E-state index contributed by atoms with van der Waals surface area (Å²) < 4.78 is 213. The number of carboxylic acid groups (broad SMARTS) is 1. The van der Waals surface area contributed by atoms with Crippen LogP contribution in [0.1, 0.15) is 48.1 Å². The number of aromatic nitrogens is 4. The van der Waals surface area contributed by atoms with Crippen LogP contribution in [-0.4, -0.2) is 67.4 Å². The Morgan fingerprint density at radius 2 is 1.43 bits per heavy atom. The molecule has 2 unspecified atom stereocenters. The van der Waals surface area contributed by atoms with Crippen molar-refractivity contribution >= 4 is 23.5 Å². The summed E-state index contributed by atoms with van der Waals surface area (Å²) in [6, 6.07) is -2.05. The van der Waals surface area contributed by atoms with E-state index in [0.29, 0.717) is 18.2 Å². The van der Waals surface area contributed by atoms with Gasteiger partial charge < -0.3 is 19.6 Å². The fourth-order valence-electron chi connectivity index (χ4n) is 5.46. The summed E-state index contributed by atoms with van der Waals surface area (Å²) in [6.07, 6.45) is -17.6. The molecule has 0 aliphatic carbocycles. The number of halogens is 15. The first kappa shape index (κ1) is 40.8. The highest BCUT2D eigenvalue weighted by atomic mass is 19.4. The van der Waals surface area contributed by atoms with Gasteiger partial charge in [0.25, 0.3) is 5.95 Å². The summed E-state index contributed by atoms with van der Waals surface area (Å²) in [5, 5.41) is 19.5. The van der Waals surface area contributed by atoms with Crippen molar-refractivity contribution in [3.63, 3.8) is 0 Å². The number of amides is 1. The normalized spacial score (nSPS) is 17.4. The Morgan fingerprint density at radius 1 is 0.868 bits per heavy atom. The smallest absolute Gasteiger partial charge is 0.477 e. The van der Waals surface area contributed by atoms with Crippen LogP contribution in [0.3, 0.4) is 0 Å². The standard InChI is InChI=1S/C28H21F15N6O4/c1-3-15-9-19(48(22-44-46-47(2)45-22)11-12-6-13(25(33,34)35)8-14(7-12)26(36,37)38)17-10-16(53-28(41,42)43)4-5-18(17)49(15)20(50)23(29,30)27(39,40)24(31,32)21(51)52/h4-8,10,15,19H,3,9,11H2,1-2H3,(H,51,52). The molecule has 0 spiro atoms. The maximum atomic E-state index is 15.1. The SMILES string of the molecule is CCC1CC(N(Cc2cc(C(F)(F)F)cc(C(F)(F)F)c2)c2nnn(C)n2)c2cc(OC(F)(F)F)ccc2N1C(=O)C(F)(F)C(F)(F)C(F)(F)C(=O)O. The van der Waals surface area contributed by atoms with Crippen molar-refractivity contribution in [3.8, 4) is 5.75 Å². The van der Waals surface area contributed by atoms with Crippen LogP contribution in [0, 0.1) is 0 Å². The Bertz CT molecular complexity index is 1830. The largest absolute Gasteiger partial charge is 0.573 e. The number of benzene rings is 2. The van der Waals surface area contributed by atoms with Crippen LogP contribution in [0.4, 0.5) is 77.5 Å². The van der Waals surface area contributed by atoms with Gasteiger partial charge in [0, 0.05) is 23.8 Å². The van der Waals surface area contributed by atoms with Gasteiger partial charge in [-0.05, 0) is 60.0 Å². The fourth-order valence-corrected chi connectivity index (χ4v) is 5.46. The van der Waals surface area contributed by atoms with Crippen LogP contribution in [0.5, 0.6) is 5.75 Å². The van der Waals surface area contributed by atoms with Gasteiger partial charge in [0.15, 0.2) is 0 Å². The molecule has 0 saturated heterocycles. The Morgan fingerprint density at radius 3 is 1.89 bits per heavy atom. The lowest BCUT2D eigenvalue weighted by atomic mass is 9.87. The Labute approximate surface area is 285 Å². The van der Waals surface area contributed by atoms with Crippen LogP contribution in [0.2, 0.25) is 0 Å². The predicted octanol–water partition coefficient (Wildman–Crippen LogP) is 7.40. The number of aliphatic carboxylic acids is 1. The molecule has 1 aliphatic rings. The molecule has 4 rings (SSSR count). The van der Waals surface area contributed by atoms with Crippen molar-refractivity contribution in [3.05, 3.63) is 58.7 Å². The van der Waals surface area contributed by atoms with E-state index in [0.717, 1.165) is 23.7 Å². The number of rotatable bonds is 10. The third kappa shape index (κ3) is 7.87. The van der Waals surface area contributed by atoms with Crippen LogP contribution >= 0.6 is 0 Å². The van der Waals surface area contributed by atoms with E-state index in [1.807, 2.05) is 0 Å². The lowest BCUT2D eigenvalue weighted by molar-refractivity contribution is -0.292. The topological polar surface area (TPSA) is 114 Å². The summed E-state index contributed by atoms with van der Waals surface area (Å²) in [6.45, 7) is 0.0558. The highest BCUT2D eigenvalue weighted by Gasteiger charge is 2.79. The Hall–Kier alpha value is -5.00. The zero-order chi connectivity index (χ0) is 40.3. The number of alkyl halides is 15. The van der Waals surface area contributed by atoms with Crippen molar-refractivity contribution in [2.45, 2.75) is 74.9 Å². The van der Waals surface area contributed by atoms with Crippen LogP contribution in [0.15, 0.2) is 36.4 Å². The van der Waals surface area contributed by atoms with Gasteiger partial charge in [0.05, 0.1) is 24.2 Å². The van der Waals surface area contributed by atoms with Crippen molar-refractivity contribution in [2.75, 3.05) is 9.80 Å². The van der Waals surface area contributed by atoms with E-state index < -0.39 is 119 Å². The number of hydrogen-bond acceptors (Lipinski definition) is 7. The number of carbonyl (C=O) groups is 2. The third-order valence-electron chi connectivity index (χ3n) is 7.86. The van der Waals surface area contributed by atoms with Gasteiger partial charge in [-0.3, -0.25) is 4.79 Å². The number of tetrazole rings is 1. The van der Waals surface area contributed by atoms with Gasteiger partial charge in [0.1, 0.15) is 5.75 Å². The summed E-state index contributed by atoms with van der Waals surface area (Å²) in [7, 11) is 1.13. The molecule has 2 heterocycles. The molecular formula is C28H21F15N6O4. The molecule has 1 aliphatic heterocycles. The average Bonchev–Trinajstić information content (AvgIpc) is 3.46. The zero-order valence-electron chi connectivity index (χ0n) is 26.3. The van der Waals surface area contributed by atoms with E-state index in [-0.39, 0.29) is 23.1 Å². The van der Waals surface area contributed by atoms with Crippen LogP contribution < -0.4 is 14.5 Å². The first-order valence-corrected chi connectivity index (χ1v) is 14.4. The van der Waals surface area contributed by atoms with Crippen LogP contribution in [0.25, 0.3) is 0 Å². The van der Waals surface area contributed by atoms with Gasteiger partial charge in [-0.25, -0.2) is 4.79 Å². The number of carbonyl (C=O) groups excluding carboxylic acids is 1. The fraction of sp³-hybridized carbons (Fsp3) is 0.464. The van der Waals surface area contributed by atoms with Crippen molar-refractivity contribution in [1.82, 2.24) is 20.2 Å². The molecule has 0 fully saturated rings. The van der Waals surface area contributed by atoms with Crippen molar-refractivity contribution in [2.24, 2.45) is 7.05 Å². The number of carboxylic acids is 1. The number of nitrogens with zero attached hydrogens (tertiary/aromatic N) is 6. The monoisotopic (exact) mass is 790 g/mol. The molecule has 1 amide bonds. The first-order chi connectivity index (χ1) is 24.0. The molecule has 25 heteroatoms. The molecule has 0 bridgehead atoms. The zero-order valence-corrected chi connectivity index (χ0v) is 26.3. The van der Waals surface area contributed by atoms with E-state index in [1.54, 1.807) is 0 Å². The number of aryl methyl sites for hydroxylation is 1. The number of ether oxygens (including phenoxy) is 1. The Kier molecular flexibility index (Phi) is 10.3. The van der Waals surface area contributed by atoms with Gasteiger partial charge in [-0.1, -0.05) is 12.0 Å². The lowest BCUT2D eigenvalue weighted by Crippen LogP contribution is -2.65. The van der Waals surface area contributed by atoms with Crippen LogP contribution in [-0.2, 0) is 35.5 Å².